The van der Waals surface area contributed by atoms with Crippen molar-refractivity contribution in [2.45, 2.75) is 11.8 Å². The van der Waals surface area contributed by atoms with Crippen LogP contribution in [0.4, 0.5) is 5.82 Å². The second kappa shape index (κ2) is 6.28. The number of aromatic nitrogens is 4. The summed E-state index contributed by atoms with van der Waals surface area (Å²) < 4.78 is 34.2. The molecule has 0 spiro atoms. The summed E-state index contributed by atoms with van der Waals surface area (Å²) >= 11 is 0. The number of ether oxygens (including phenoxy) is 1. The predicted octanol–water partition coefficient (Wildman–Crippen LogP) is 1.78. The number of methoxy groups -OCH3 is 1. The molecule has 124 valence electrons. The van der Waals surface area contributed by atoms with Crippen LogP contribution in [-0.2, 0) is 10.0 Å². The summed E-state index contributed by atoms with van der Waals surface area (Å²) in [5.41, 5.74) is 0. The highest BCUT2D eigenvalue weighted by molar-refractivity contribution is 7.92. The summed E-state index contributed by atoms with van der Waals surface area (Å²) in [6.07, 6.45) is 4.66. The van der Waals surface area contributed by atoms with E-state index >= 15 is 0 Å². The molecule has 0 radical (unpaired) electrons. The molecule has 0 atom stereocenters. The van der Waals surface area contributed by atoms with Gasteiger partial charge in [-0.1, -0.05) is 6.07 Å². The van der Waals surface area contributed by atoms with E-state index in [9.17, 15) is 8.42 Å². The SMILES string of the molecule is COc1cccc(S(=O)(=O)Nc2cc(-n3ccnc3C)ncn2)c1. The van der Waals surface area contributed by atoms with Crippen LogP contribution in [0.1, 0.15) is 5.82 Å². The summed E-state index contributed by atoms with van der Waals surface area (Å²) in [6.45, 7) is 1.82. The smallest absolute Gasteiger partial charge is 0.263 e. The van der Waals surface area contributed by atoms with Crippen LogP contribution >= 0.6 is 0 Å². The second-order valence-electron chi connectivity index (χ2n) is 4.89. The van der Waals surface area contributed by atoms with E-state index in [1.54, 1.807) is 29.1 Å². The zero-order chi connectivity index (χ0) is 17.2. The van der Waals surface area contributed by atoms with Crippen LogP contribution in [0.15, 0.2) is 53.9 Å². The highest BCUT2D eigenvalue weighted by Gasteiger charge is 2.16. The van der Waals surface area contributed by atoms with E-state index in [-0.39, 0.29) is 10.7 Å². The summed E-state index contributed by atoms with van der Waals surface area (Å²) in [5, 5.41) is 0. The summed E-state index contributed by atoms with van der Waals surface area (Å²) in [5.74, 6) is 1.87. The Kier molecular flexibility index (Phi) is 4.17. The number of nitrogens with zero attached hydrogens (tertiary/aromatic N) is 4. The Morgan fingerprint density at radius 3 is 2.71 bits per heavy atom. The van der Waals surface area contributed by atoms with E-state index < -0.39 is 10.0 Å². The quantitative estimate of drug-likeness (QED) is 0.757. The fraction of sp³-hybridized carbons (Fsp3) is 0.133. The highest BCUT2D eigenvalue weighted by atomic mass is 32.2. The van der Waals surface area contributed by atoms with E-state index in [4.69, 9.17) is 4.74 Å². The predicted molar refractivity (Wildman–Crippen MR) is 87.7 cm³/mol. The lowest BCUT2D eigenvalue weighted by atomic mass is 10.3. The number of sulfonamides is 1. The lowest BCUT2D eigenvalue weighted by Gasteiger charge is -2.10. The van der Waals surface area contributed by atoms with Gasteiger partial charge in [-0.15, -0.1) is 0 Å². The number of nitrogens with one attached hydrogen (secondary N) is 1. The first-order valence-corrected chi connectivity index (χ1v) is 8.47. The zero-order valence-electron chi connectivity index (χ0n) is 13.0. The minimum absolute atomic E-state index is 0.0841. The topological polar surface area (TPSA) is 99.0 Å². The molecule has 3 rings (SSSR count). The molecule has 0 fully saturated rings. The third-order valence-electron chi connectivity index (χ3n) is 3.32. The Bertz CT molecular complexity index is 969. The maximum atomic E-state index is 12.5. The first-order valence-electron chi connectivity index (χ1n) is 6.99. The largest absolute Gasteiger partial charge is 0.497 e. The van der Waals surface area contributed by atoms with Gasteiger partial charge in [0.2, 0.25) is 0 Å². The zero-order valence-corrected chi connectivity index (χ0v) is 13.9. The Hall–Kier alpha value is -2.94. The first kappa shape index (κ1) is 15.9. The number of hydrogen-bond donors (Lipinski definition) is 1. The lowest BCUT2D eigenvalue weighted by molar-refractivity contribution is 0.413. The molecule has 0 bridgehead atoms. The summed E-state index contributed by atoms with van der Waals surface area (Å²) in [6, 6.07) is 7.72. The van der Waals surface area contributed by atoms with Crippen molar-refractivity contribution in [2.75, 3.05) is 11.8 Å². The van der Waals surface area contributed by atoms with Gasteiger partial charge in [-0.2, -0.15) is 0 Å². The average Bonchev–Trinajstić information content (AvgIpc) is 3.01. The molecular formula is C15H15N5O3S. The standard InChI is InChI=1S/C15H15N5O3S/c1-11-16-6-7-20(11)15-9-14(17-10-18-15)19-24(21,22)13-5-3-4-12(8-13)23-2/h3-10H,1-2H3,(H,17,18,19). The number of anilines is 1. The molecule has 0 unspecified atom stereocenters. The van der Waals surface area contributed by atoms with E-state index in [0.717, 1.165) is 5.82 Å². The molecule has 1 N–H and O–H groups in total. The van der Waals surface area contributed by atoms with Gasteiger partial charge >= 0.3 is 0 Å². The molecule has 0 amide bonds. The maximum absolute atomic E-state index is 12.5. The van der Waals surface area contributed by atoms with Crippen LogP contribution in [0.2, 0.25) is 0 Å². The van der Waals surface area contributed by atoms with Crippen molar-refractivity contribution >= 4 is 15.8 Å². The molecular weight excluding hydrogens is 330 g/mol. The fourth-order valence-electron chi connectivity index (χ4n) is 2.12. The number of benzene rings is 1. The van der Waals surface area contributed by atoms with E-state index in [1.165, 1.54) is 31.6 Å². The van der Waals surface area contributed by atoms with Crippen molar-refractivity contribution in [2.24, 2.45) is 0 Å². The molecule has 0 aliphatic carbocycles. The van der Waals surface area contributed by atoms with Crippen molar-refractivity contribution in [3.05, 3.63) is 54.9 Å². The van der Waals surface area contributed by atoms with Gasteiger partial charge in [-0.25, -0.2) is 23.4 Å². The van der Waals surface area contributed by atoms with Crippen LogP contribution in [0.3, 0.4) is 0 Å². The normalized spacial score (nSPS) is 11.2. The monoisotopic (exact) mass is 345 g/mol. The van der Waals surface area contributed by atoms with Crippen LogP contribution < -0.4 is 9.46 Å². The fourth-order valence-corrected chi connectivity index (χ4v) is 3.15. The highest BCUT2D eigenvalue weighted by Crippen LogP contribution is 2.20. The van der Waals surface area contributed by atoms with Crippen LogP contribution in [0.25, 0.3) is 5.82 Å². The lowest BCUT2D eigenvalue weighted by Crippen LogP contribution is -2.14. The van der Waals surface area contributed by atoms with Gasteiger partial charge in [0.05, 0.1) is 12.0 Å². The van der Waals surface area contributed by atoms with Crippen LogP contribution in [0, 0.1) is 6.92 Å². The van der Waals surface area contributed by atoms with E-state index in [1.807, 2.05) is 6.92 Å². The molecule has 2 heterocycles. The Balaban J connectivity index is 1.92. The Morgan fingerprint density at radius 1 is 1.17 bits per heavy atom. The molecule has 0 aliphatic heterocycles. The second-order valence-corrected chi connectivity index (χ2v) is 6.57. The van der Waals surface area contributed by atoms with Crippen LogP contribution in [0.5, 0.6) is 5.75 Å². The summed E-state index contributed by atoms with van der Waals surface area (Å²) in [7, 11) is -2.31. The van der Waals surface area contributed by atoms with Gasteiger partial charge in [-0.3, -0.25) is 9.29 Å². The molecule has 1 aromatic carbocycles. The van der Waals surface area contributed by atoms with E-state index in [2.05, 4.69) is 19.7 Å². The number of imidazole rings is 1. The van der Waals surface area contributed by atoms with Crippen molar-refractivity contribution in [1.29, 1.82) is 0 Å². The van der Waals surface area contributed by atoms with E-state index in [0.29, 0.717) is 11.6 Å². The molecule has 24 heavy (non-hydrogen) atoms. The minimum Gasteiger partial charge on any atom is -0.497 e. The first-order chi connectivity index (χ1) is 11.5. The molecule has 0 saturated carbocycles. The molecule has 8 nitrogen and oxygen atoms in total. The van der Waals surface area contributed by atoms with Gasteiger partial charge in [-0.05, 0) is 19.1 Å². The molecule has 2 aromatic heterocycles. The number of hydrogen-bond acceptors (Lipinski definition) is 6. The maximum Gasteiger partial charge on any atom is 0.263 e. The van der Waals surface area contributed by atoms with Gasteiger partial charge in [0.1, 0.15) is 29.5 Å². The molecule has 9 heteroatoms. The van der Waals surface area contributed by atoms with Crippen LogP contribution in [-0.4, -0.2) is 35.0 Å². The van der Waals surface area contributed by atoms with Gasteiger partial charge < -0.3 is 4.74 Å². The van der Waals surface area contributed by atoms with Crippen molar-refractivity contribution < 1.29 is 13.2 Å². The molecule has 0 saturated heterocycles. The van der Waals surface area contributed by atoms with Gasteiger partial charge in [0.15, 0.2) is 0 Å². The molecule has 0 aliphatic rings. The van der Waals surface area contributed by atoms with Crippen molar-refractivity contribution in [3.63, 3.8) is 0 Å². The molecule has 3 aromatic rings. The number of rotatable bonds is 5. The van der Waals surface area contributed by atoms with Gasteiger partial charge in [0.25, 0.3) is 10.0 Å². The average molecular weight is 345 g/mol. The van der Waals surface area contributed by atoms with Crippen molar-refractivity contribution in [1.82, 2.24) is 19.5 Å². The minimum atomic E-state index is -3.79. The van der Waals surface area contributed by atoms with Gasteiger partial charge in [0, 0.05) is 24.5 Å². The summed E-state index contributed by atoms with van der Waals surface area (Å²) in [4.78, 5) is 12.3. The Morgan fingerprint density at radius 2 is 2.00 bits per heavy atom. The third kappa shape index (κ3) is 3.20. The Labute approximate surface area is 139 Å². The third-order valence-corrected chi connectivity index (χ3v) is 4.67. The number of aryl methyl sites for hydroxylation is 1. The van der Waals surface area contributed by atoms with Crippen molar-refractivity contribution in [3.8, 4) is 11.6 Å².